The van der Waals surface area contributed by atoms with Gasteiger partial charge in [0.1, 0.15) is 16.5 Å². The first-order chi connectivity index (χ1) is 18.3. The molecule has 2 aromatic carbocycles. The van der Waals surface area contributed by atoms with Gasteiger partial charge in [0.25, 0.3) is 15.9 Å². The molecule has 0 radical (unpaired) electrons. The molecule has 0 bridgehead atoms. The number of amides is 1. The number of aromatic nitrogens is 2. The van der Waals surface area contributed by atoms with E-state index in [4.69, 9.17) is 4.74 Å². The molecule has 1 fully saturated rings. The highest BCUT2D eigenvalue weighted by Crippen LogP contribution is 2.30. The number of hydrogen-bond donors (Lipinski definition) is 1. The van der Waals surface area contributed by atoms with Gasteiger partial charge in [0.2, 0.25) is 0 Å². The summed E-state index contributed by atoms with van der Waals surface area (Å²) < 4.78 is 47.9. The van der Waals surface area contributed by atoms with Crippen LogP contribution >= 0.6 is 0 Å². The Morgan fingerprint density at radius 2 is 1.79 bits per heavy atom. The van der Waals surface area contributed by atoms with Crippen LogP contribution in [0.25, 0.3) is 10.9 Å². The number of pyridine rings is 2. The molecule has 1 aliphatic rings. The van der Waals surface area contributed by atoms with E-state index in [1.165, 1.54) is 43.6 Å². The van der Waals surface area contributed by atoms with E-state index >= 15 is 0 Å². The van der Waals surface area contributed by atoms with Crippen molar-refractivity contribution in [3.8, 4) is 5.75 Å². The summed E-state index contributed by atoms with van der Waals surface area (Å²) >= 11 is 0. The lowest BCUT2D eigenvalue weighted by Gasteiger charge is -2.34. The summed E-state index contributed by atoms with van der Waals surface area (Å²) in [5.41, 5.74) is 1.61. The second-order valence-corrected chi connectivity index (χ2v) is 10.5. The van der Waals surface area contributed by atoms with Crippen LogP contribution in [0.1, 0.15) is 16.1 Å². The maximum absolute atomic E-state index is 13.4. The fraction of sp³-hybridized carbons (Fsp3) is 0.222. The summed E-state index contributed by atoms with van der Waals surface area (Å²) in [7, 11) is -2.57. The summed E-state index contributed by atoms with van der Waals surface area (Å²) in [4.78, 5) is 25.5. The van der Waals surface area contributed by atoms with Crippen LogP contribution < -0.4 is 9.46 Å². The van der Waals surface area contributed by atoms with Gasteiger partial charge in [-0.05, 0) is 42.5 Å². The van der Waals surface area contributed by atoms with Gasteiger partial charge in [-0.15, -0.1) is 0 Å². The standard InChI is InChI=1S/C27H26FN5O4S/c1-37-24-16-20(27(34)33-14-12-32(13-15-33)18-22-17-21(28)9-11-29-22)7-8-23(24)31-38(35,36)25-6-2-4-19-5-3-10-30-26(19)25/h2-11,16-17,31H,12-15,18H2,1H3. The monoisotopic (exact) mass is 535 g/mol. The summed E-state index contributed by atoms with van der Waals surface area (Å²) in [5.74, 6) is -0.278. The van der Waals surface area contributed by atoms with Crippen molar-refractivity contribution in [3.63, 3.8) is 0 Å². The lowest BCUT2D eigenvalue weighted by Crippen LogP contribution is -2.48. The van der Waals surface area contributed by atoms with Crippen LogP contribution in [-0.4, -0.2) is 67.4 Å². The number of para-hydroxylation sites is 1. The van der Waals surface area contributed by atoms with E-state index in [2.05, 4.69) is 19.6 Å². The van der Waals surface area contributed by atoms with Crippen LogP contribution in [0.15, 0.2) is 78.0 Å². The maximum atomic E-state index is 13.4. The summed E-state index contributed by atoms with van der Waals surface area (Å²) in [6, 6.07) is 15.8. The van der Waals surface area contributed by atoms with Crippen LogP contribution in [-0.2, 0) is 16.6 Å². The molecule has 196 valence electrons. The van der Waals surface area contributed by atoms with Gasteiger partial charge in [-0.25, -0.2) is 12.8 Å². The molecule has 3 heterocycles. The number of piperazine rings is 1. The van der Waals surface area contributed by atoms with Gasteiger partial charge in [-0.1, -0.05) is 18.2 Å². The van der Waals surface area contributed by atoms with Crippen LogP contribution in [0, 0.1) is 5.82 Å². The second kappa shape index (κ2) is 10.7. The van der Waals surface area contributed by atoms with E-state index in [9.17, 15) is 17.6 Å². The molecule has 9 nitrogen and oxygen atoms in total. The molecule has 0 atom stereocenters. The first-order valence-electron chi connectivity index (χ1n) is 12.0. The fourth-order valence-electron chi connectivity index (χ4n) is 4.46. The fourth-order valence-corrected chi connectivity index (χ4v) is 5.71. The molecule has 0 unspecified atom stereocenters. The highest BCUT2D eigenvalue weighted by atomic mass is 32.2. The molecule has 11 heteroatoms. The third-order valence-corrected chi connectivity index (χ3v) is 7.80. The number of rotatable bonds is 7. The molecule has 38 heavy (non-hydrogen) atoms. The largest absolute Gasteiger partial charge is 0.495 e. The van der Waals surface area contributed by atoms with E-state index in [0.717, 1.165) is 0 Å². The number of sulfonamides is 1. The number of ether oxygens (including phenoxy) is 1. The predicted molar refractivity (Wildman–Crippen MR) is 141 cm³/mol. The van der Waals surface area contributed by atoms with Crippen LogP contribution in [0.3, 0.4) is 0 Å². The zero-order valence-corrected chi connectivity index (χ0v) is 21.5. The summed E-state index contributed by atoms with van der Waals surface area (Å²) in [6.07, 6.45) is 2.99. The molecule has 0 saturated carbocycles. The van der Waals surface area contributed by atoms with Crippen molar-refractivity contribution in [1.29, 1.82) is 0 Å². The second-order valence-electron chi connectivity index (χ2n) is 8.89. The SMILES string of the molecule is COc1cc(C(=O)N2CCN(Cc3cc(F)ccn3)CC2)ccc1NS(=O)(=O)c1cccc2cccnc12. The Bertz CT molecular complexity index is 1580. The van der Waals surface area contributed by atoms with Gasteiger partial charge < -0.3 is 9.64 Å². The van der Waals surface area contributed by atoms with Gasteiger partial charge >= 0.3 is 0 Å². The molecule has 5 rings (SSSR count). The number of methoxy groups -OCH3 is 1. The molecule has 0 aliphatic carbocycles. The number of carbonyl (C=O) groups excluding carboxylic acids is 1. The summed E-state index contributed by atoms with van der Waals surface area (Å²) in [6.45, 7) is 2.75. The lowest BCUT2D eigenvalue weighted by molar-refractivity contribution is 0.0626. The molecule has 1 aliphatic heterocycles. The summed E-state index contributed by atoms with van der Waals surface area (Å²) in [5, 5.41) is 0.704. The smallest absolute Gasteiger partial charge is 0.264 e. The Kier molecular flexibility index (Phi) is 7.21. The number of benzene rings is 2. The number of carbonyl (C=O) groups is 1. The number of hydrogen-bond acceptors (Lipinski definition) is 7. The Labute approximate surface area is 219 Å². The van der Waals surface area contributed by atoms with E-state index in [-0.39, 0.29) is 28.1 Å². The first kappa shape index (κ1) is 25.6. The quantitative estimate of drug-likeness (QED) is 0.386. The van der Waals surface area contributed by atoms with Crippen molar-refractivity contribution in [2.45, 2.75) is 11.4 Å². The van der Waals surface area contributed by atoms with Gasteiger partial charge in [0.05, 0.1) is 24.0 Å². The van der Waals surface area contributed by atoms with Gasteiger partial charge in [-0.3, -0.25) is 24.4 Å². The predicted octanol–water partition coefficient (Wildman–Crippen LogP) is 3.54. The van der Waals surface area contributed by atoms with Crippen LogP contribution in [0.4, 0.5) is 10.1 Å². The van der Waals surface area contributed by atoms with Crippen LogP contribution in [0.5, 0.6) is 5.75 Å². The number of fused-ring (bicyclic) bond motifs is 1. The van der Waals surface area contributed by atoms with E-state index in [1.807, 2.05) is 0 Å². The van der Waals surface area contributed by atoms with Crippen molar-refractivity contribution in [2.24, 2.45) is 0 Å². The molecule has 2 aromatic heterocycles. The molecule has 1 saturated heterocycles. The number of nitrogens with one attached hydrogen (secondary N) is 1. The van der Waals surface area contributed by atoms with Gasteiger partial charge in [0, 0.05) is 56.1 Å². The average molecular weight is 536 g/mol. The number of anilines is 1. The topological polar surface area (TPSA) is 105 Å². The average Bonchev–Trinajstić information content (AvgIpc) is 2.93. The van der Waals surface area contributed by atoms with Gasteiger partial charge in [-0.2, -0.15) is 0 Å². The van der Waals surface area contributed by atoms with Crippen molar-refractivity contribution in [3.05, 3.63) is 90.1 Å². The zero-order chi connectivity index (χ0) is 26.7. The van der Waals surface area contributed by atoms with Gasteiger partial charge in [0.15, 0.2) is 0 Å². The highest BCUT2D eigenvalue weighted by Gasteiger charge is 2.25. The van der Waals surface area contributed by atoms with Crippen molar-refractivity contribution < 1.29 is 22.3 Å². The highest BCUT2D eigenvalue weighted by molar-refractivity contribution is 7.93. The van der Waals surface area contributed by atoms with Crippen molar-refractivity contribution >= 4 is 32.5 Å². The minimum Gasteiger partial charge on any atom is -0.495 e. The zero-order valence-electron chi connectivity index (χ0n) is 20.7. The molecule has 1 N–H and O–H groups in total. The number of halogens is 1. The minimum absolute atomic E-state index is 0.0455. The minimum atomic E-state index is -3.98. The van der Waals surface area contributed by atoms with Crippen molar-refractivity contribution in [2.75, 3.05) is 38.0 Å². The Morgan fingerprint density at radius 1 is 1.00 bits per heavy atom. The first-order valence-corrected chi connectivity index (χ1v) is 13.5. The van der Waals surface area contributed by atoms with Crippen molar-refractivity contribution in [1.82, 2.24) is 19.8 Å². The molecular formula is C27H26FN5O4S. The third kappa shape index (κ3) is 5.43. The molecular weight excluding hydrogens is 509 g/mol. The van der Waals surface area contributed by atoms with Crippen LogP contribution in [0.2, 0.25) is 0 Å². The van der Waals surface area contributed by atoms with E-state index < -0.39 is 10.0 Å². The Morgan fingerprint density at radius 3 is 2.55 bits per heavy atom. The Balaban J connectivity index is 1.28. The lowest BCUT2D eigenvalue weighted by atomic mass is 10.1. The molecule has 1 amide bonds. The molecule has 4 aromatic rings. The normalized spacial score (nSPS) is 14.4. The third-order valence-electron chi connectivity index (χ3n) is 6.40. The number of nitrogens with zero attached hydrogens (tertiary/aromatic N) is 4. The van der Waals surface area contributed by atoms with E-state index in [1.54, 1.807) is 41.4 Å². The molecule has 0 spiro atoms. The Hall–Kier alpha value is -4.09. The van der Waals surface area contributed by atoms with E-state index in [0.29, 0.717) is 54.9 Å². The maximum Gasteiger partial charge on any atom is 0.264 e.